The van der Waals surface area contributed by atoms with E-state index in [2.05, 4.69) is 15.6 Å². The number of pyridine rings is 1. The third kappa shape index (κ3) is 5.19. The van der Waals surface area contributed by atoms with E-state index in [1.807, 2.05) is 0 Å². The van der Waals surface area contributed by atoms with Gasteiger partial charge in [-0.25, -0.2) is 4.98 Å². The summed E-state index contributed by atoms with van der Waals surface area (Å²) in [6.07, 6.45) is 1.46. The van der Waals surface area contributed by atoms with Gasteiger partial charge in [-0.2, -0.15) is 0 Å². The van der Waals surface area contributed by atoms with Gasteiger partial charge in [0.1, 0.15) is 9.49 Å². The maximum absolute atomic E-state index is 12.9. The highest BCUT2D eigenvalue weighted by Gasteiger charge is 2.67. The Balaban J connectivity index is 1.50. The third-order valence-corrected chi connectivity index (χ3v) is 7.32. The number of anilines is 2. The van der Waals surface area contributed by atoms with Crippen molar-refractivity contribution in [2.75, 3.05) is 10.6 Å². The SMILES string of the molecule is O=C(Nc1ccnc(Cl)c1)c1cc(NC(=O)[C@H]2[C@H](c3ccc(Cl)c(Cl)c3)C2(Cl)Cl)ccc1Cl. The van der Waals surface area contributed by atoms with Crippen LogP contribution in [0.2, 0.25) is 20.2 Å². The molecular weight excluding hydrogens is 551 g/mol. The van der Waals surface area contributed by atoms with Crippen molar-refractivity contribution in [3.8, 4) is 0 Å². The highest BCUT2D eigenvalue weighted by molar-refractivity contribution is 6.53. The molecule has 0 aliphatic heterocycles. The number of halogens is 6. The first-order valence-corrected chi connectivity index (χ1v) is 11.7. The Labute approximate surface area is 219 Å². The molecule has 33 heavy (non-hydrogen) atoms. The molecule has 1 fully saturated rings. The highest BCUT2D eigenvalue weighted by atomic mass is 35.5. The molecule has 4 rings (SSSR count). The van der Waals surface area contributed by atoms with Crippen molar-refractivity contribution < 1.29 is 9.59 Å². The van der Waals surface area contributed by atoms with E-state index in [1.54, 1.807) is 30.3 Å². The van der Waals surface area contributed by atoms with Crippen LogP contribution in [0, 0.1) is 5.92 Å². The molecule has 0 spiro atoms. The summed E-state index contributed by atoms with van der Waals surface area (Å²) in [7, 11) is 0. The molecule has 5 nitrogen and oxygen atoms in total. The predicted octanol–water partition coefficient (Wildman–Crippen LogP) is 7.47. The molecule has 1 heterocycles. The number of carbonyl (C=O) groups is 2. The number of hydrogen-bond donors (Lipinski definition) is 2. The Hall–Kier alpha value is -1.73. The van der Waals surface area contributed by atoms with Crippen LogP contribution in [-0.2, 0) is 4.79 Å². The van der Waals surface area contributed by atoms with E-state index in [4.69, 9.17) is 69.6 Å². The normalized spacial score (nSPS) is 18.5. The Bertz CT molecular complexity index is 1270. The second-order valence-electron chi connectivity index (χ2n) is 7.31. The van der Waals surface area contributed by atoms with Crippen LogP contribution in [0.4, 0.5) is 11.4 Å². The fourth-order valence-corrected chi connectivity index (χ4v) is 4.96. The lowest BCUT2D eigenvalue weighted by Crippen LogP contribution is -2.18. The zero-order valence-corrected chi connectivity index (χ0v) is 20.9. The predicted molar refractivity (Wildman–Crippen MR) is 134 cm³/mol. The van der Waals surface area contributed by atoms with Gasteiger partial charge in [-0.1, -0.05) is 52.5 Å². The van der Waals surface area contributed by atoms with E-state index >= 15 is 0 Å². The van der Waals surface area contributed by atoms with Crippen LogP contribution in [-0.4, -0.2) is 21.1 Å². The van der Waals surface area contributed by atoms with Gasteiger partial charge in [0.05, 0.1) is 26.5 Å². The average molecular weight is 564 g/mol. The van der Waals surface area contributed by atoms with Crippen molar-refractivity contribution in [1.29, 1.82) is 0 Å². The zero-order valence-electron chi connectivity index (χ0n) is 16.4. The van der Waals surface area contributed by atoms with Gasteiger partial charge >= 0.3 is 0 Å². The average Bonchev–Trinajstić information content (AvgIpc) is 3.33. The van der Waals surface area contributed by atoms with Crippen LogP contribution in [0.1, 0.15) is 21.8 Å². The highest BCUT2D eigenvalue weighted by Crippen LogP contribution is 2.65. The summed E-state index contributed by atoms with van der Waals surface area (Å²) in [5.41, 5.74) is 1.65. The number of benzene rings is 2. The minimum Gasteiger partial charge on any atom is -0.326 e. The zero-order chi connectivity index (χ0) is 23.9. The topological polar surface area (TPSA) is 71.1 Å². The number of carbonyl (C=O) groups excluding carboxylic acids is 2. The van der Waals surface area contributed by atoms with Gasteiger partial charge in [0.15, 0.2) is 0 Å². The number of nitrogens with zero attached hydrogens (tertiary/aromatic N) is 1. The molecule has 2 amide bonds. The molecule has 0 bridgehead atoms. The molecule has 3 aromatic rings. The summed E-state index contributed by atoms with van der Waals surface area (Å²) in [5.74, 6) is -2.10. The summed E-state index contributed by atoms with van der Waals surface area (Å²) in [4.78, 5) is 29.5. The minimum atomic E-state index is -1.31. The van der Waals surface area contributed by atoms with E-state index in [0.717, 1.165) is 0 Å². The van der Waals surface area contributed by atoms with E-state index in [1.165, 1.54) is 24.4 Å². The number of amides is 2. The first-order valence-electron chi connectivity index (χ1n) is 9.44. The maximum atomic E-state index is 12.9. The molecule has 1 aliphatic rings. The van der Waals surface area contributed by atoms with E-state index in [-0.39, 0.29) is 15.7 Å². The molecule has 0 unspecified atom stereocenters. The summed E-state index contributed by atoms with van der Waals surface area (Å²) in [5, 5.41) is 6.58. The van der Waals surface area contributed by atoms with Crippen molar-refractivity contribution >= 4 is 92.8 Å². The van der Waals surface area contributed by atoms with Crippen LogP contribution in [0.15, 0.2) is 54.7 Å². The van der Waals surface area contributed by atoms with Gasteiger partial charge in [0, 0.05) is 23.5 Å². The Morgan fingerprint density at radius 3 is 2.21 bits per heavy atom. The van der Waals surface area contributed by atoms with E-state index in [0.29, 0.717) is 27.0 Å². The molecule has 2 N–H and O–H groups in total. The van der Waals surface area contributed by atoms with Crippen molar-refractivity contribution in [2.24, 2.45) is 5.92 Å². The Kier molecular flexibility index (Phi) is 7.02. The van der Waals surface area contributed by atoms with Crippen LogP contribution in [0.5, 0.6) is 0 Å². The van der Waals surface area contributed by atoms with Crippen LogP contribution in [0.3, 0.4) is 0 Å². The lowest BCUT2D eigenvalue weighted by Gasteiger charge is -2.10. The fourth-order valence-electron chi connectivity index (χ4n) is 3.45. The third-order valence-electron chi connectivity index (χ3n) is 5.10. The van der Waals surface area contributed by atoms with Gasteiger partial charge < -0.3 is 10.6 Å². The van der Waals surface area contributed by atoms with Gasteiger partial charge in [-0.05, 0) is 48.0 Å². The second-order valence-corrected chi connectivity index (χ2v) is 10.4. The summed E-state index contributed by atoms with van der Waals surface area (Å²) < 4.78 is -1.31. The van der Waals surface area contributed by atoms with Gasteiger partial charge in [-0.3, -0.25) is 9.59 Å². The Morgan fingerprint density at radius 2 is 1.52 bits per heavy atom. The van der Waals surface area contributed by atoms with Crippen molar-refractivity contribution in [3.63, 3.8) is 0 Å². The monoisotopic (exact) mass is 561 g/mol. The number of aromatic nitrogens is 1. The fraction of sp³-hybridized carbons (Fsp3) is 0.136. The lowest BCUT2D eigenvalue weighted by atomic mass is 10.1. The molecule has 1 aliphatic carbocycles. The summed E-state index contributed by atoms with van der Waals surface area (Å²) in [6, 6.07) is 12.6. The first-order chi connectivity index (χ1) is 15.6. The maximum Gasteiger partial charge on any atom is 0.257 e. The summed E-state index contributed by atoms with van der Waals surface area (Å²) >= 11 is 36.9. The summed E-state index contributed by atoms with van der Waals surface area (Å²) in [6.45, 7) is 0. The molecule has 0 saturated heterocycles. The van der Waals surface area contributed by atoms with Crippen LogP contribution in [0.25, 0.3) is 0 Å². The van der Waals surface area contributed by atoms with E-state index in [9.17, 15) is 9.59 Å². The molecule has 1 aromatic heterocycles. The molecular formula is C22H13Cl6N3O2. The largest absolute Gasteiger partial charge is 0.326 e. The smallest absolute Gasteiger partial charge is 0.257 e. The van der Waals surface area contributed by atoms with Crippen LogP contribution < -0.4 is 10.6 Å². The number of rotatable bonds is 5. The molecule has 0 radical (unpaired) electrons. The van der Waals surface area contributed by atoms with E-state index < -0.39 is 28.0 Å². The van der Waals surface area contributed by atoms with Crippen molar-refractivity contribution in [2.45, 2.75) is 10.3 Å². The molecule has 170 valence electrons. The molecule has 1 saturated carbocycles. The first kappa shape index (κ1) is 24.4. The number of alkyl halides is 2. The molecule has 2 atom stereocenters. The van der Waals surface area contributed by atoms with Crippen molar-refractivity contribution in [3.05, 3.63) is 86.1 Å². The second kappa shape index (κ2) is 9.49. The van der Waals surface area contributed by atoms with Crippen LogP contribution >= 0.6 is 69.6 Å². The van der Waals surface area contributed by atoms with Crippen molar-refractivity contribution in [1.82, 2.24) is 4.98 Å². The molecule has 11 heteroatoms. The number of nitrogens with one attached hydrogen (secondary N) is 2. The van der Waals surface area contributed by atoms with Gasteiger partial charge in [-0.15, -0.1) is 23.2 Å². The van der Waals surface area contributed by atoms with Gasteiger partial charge in [0.25, 0.3) is 5.91 Å². The minimum absolute atomic E-state index is 0.155. The molecule has 2 aromatic carbocycles. The number of hydrogen-bond acceptors (Lipinski definition) is 3. The standard InChI is InChI=1S/C22H13Cl6N3O2/c23-14-4-2-11(8-13(14)20(32)30-12-5-6-29-17(26)9-12)31-21(33)19-18(22(19,27)28)10-1-3-15(24)16(25)7-10/h1-9,18-19H,(H,31,33)(H,29,30,32)/t18-,19+/m0/s1. The Morgan fingerprint density at radius 1 is 0.818 bits per heavy atom. The van der Waals surface area contributed by atoms with Gasteiger partial charge in [0.2, 0.25) is 5.91 Å². The quantitative estimate of drug-likeness (QED) is 0.250. The lowest BCUT2D eigenvalue weighted by molar-refractivity contribution is -0.117.